The van der Waals surface area contributed by atoms with Crippen LogP contribution >= 0.6 is 0 Å². The fourth-order valence-corrected chi connectivity index (χ4v) is 2.87. The SMILES string of the molecule is COc1ccc2nc(C)nc(NCc3nnc(C4CC4)n3C)c2c1. The molecule has 0 atom stereocenters. The summed E-state index contributed by atoms with van der Waals surface area (Å²) in [5, 5.41) is 12.9. The van der Waals surface area contributed by atoms with Crippen LogP contribution in [0.1, 0.15) is 36.2 Å². The maximum atomic E-state index is 5.32. The molecule has 4 rings (SSSR count). The summed E-state index contributed by atoms with van der Waals surface area (Å²) in [6, 6.07) is 5.80. The molecule has 1 aliphatic rings. The number of benzene rings is 1. The summed E-state index contributed by atoms with van der Waals surface area (Å²) >= 11 is 0. The summed E-state index contributed by atoms with van der Waals surface area (Å²) < 4.78 is 7.40. The highest BCUT2D eigenvalue weighted by Gasteiger charge is 2.29. The Bertz CT molecular complexity index is 899. The molecule has 7 nitrogen and oxygen atoms in total. The van der Waals surface area contributed by atoms with Crippen molar-refractivity contribution in [2.24, 2.45) is 7.05 Å². The zero-order chi connectivity index (χ0) is 16.7. The summed E-state index contributed by atoms with van der Waals surface area (Å²) in [5.41, 5.74) is 0.891. The average molecular weight is 324 g/mol. The first-order valence-electron chi connectivity index (χ1n) is 8.10. The molecule has 0 spiro atoms. The number of rotatable bonds is 5. The molecule has 124 valence electrons. The van der Waals surface area contributed by atoms with Gasteiger partial charge in [0.2, 0.25) is 0 Å². The van der Waals surface area contributed by atoms with Crippen molar-refractivity contribution in [2.75, 3.05) is 12.4 Å². The highest BCUT2D eigenvalue weighted by atomic mass is 16.5. The van der Waals surface area contributed by atoms with Crippen molar-refractivity contribution < 1.29 is 4.74 Å². The number of hydrogen-bond acceptors (Lipinski definition) is 6. The van der Waals surface area contributed by atoms with Gasteiger partial charge in [-0.1, -0.05) is 0 Å². The Morgan fingerprint density at radius 2 is 2.08 bits per heavy atom. The molecule has 0 aliphatic heterocycles. The number of ether oxygens (including phenoxy) is 1. The summed E-state index contributed by atoms with van der Waals surface area (Å²) in [7, 11) is 3.68. The highest BCUT2D eigenvalue weighted by molar-refractivity contribution is 5.90. The van der Waals surface area contributed by atoms with Crippen molar-refractivity contribution in [1.82, 2.24) is 24.7 Å². The third-order valence-corrected chi connectivity index (χ3v) is 4.37. The van der Waals surface area contributed by atoms with E-state index in [1.807, 2.05) is 32.2 Å². The van der Waals surface area contributed by atoms with Crippen molar-refractivity contribution in [3.05, 3.63) is 35.7 Å². The van der Waals surface area contributed by atoms with Gasteiger partial charge in [0.15, 0.2) is 5.82 Å². The maximum absolute atomic E-state index is 5.32. The average Bonchev–Trinajstić information content (AvgIpc) is 3.36. The molecule has 1 fully saturated rings. The second kappa shape index (κ2) is 5.74. The largest absolute Gasteiger partial charge is 0.497 e. The number of aromatic nitrogens is 5. The molecule has 1 saturated carbocycles. The normalized spacial score (nSPS) is 14.1. The maximum Gasteiger partial charge on any atom is 0.152 e. The minimum absolute atomic E-state index is 0.568. The van der Waals surface area contributed by atoms with Crippen LogP contribution in [0.4, 0.5) is 5.82 Å². The molecule has 1 N–H and O–H groups in total. The van der Waals surface area contributed by atoms with E-state index in [4.69, 9.17) is 4.74 Å². The lowest BCUT2D eigenvalue weighted by Gasteiger charge is -2.10. The van der Waals surface area contributed by atoms with E-state index >= 15 is 0 Å². The van der Waals surface area contributed by atoms with Gasteiger partial charge in [-0.25, -0.2) is 9.97 Å². The lowest BCUT2D eigenvalue weighted by molar-refractivity contribution is 0.415. The van der Waals surface area contributed by atoms with Gasteiger partial charge in [0.05, 0.1) is 19.2 Å². The van der Waals surface area contributed by atoms with Crippen molar-refractivity contribution >= 4 is 16.7 Å². The van der Waals surface area contributed by atoms with Gasteiger partial charge in [-0.15, -0.1) is 10.2 Å². The molecular weight excluding hydrogens is 304 g/mol. The second-order valence-electron chi connectivity index (χ2n) is 6.16. The highest BCUT2D eigenvalue weighted by Crippen LogP contribution is 2.38. The number of methoxy groups -OCH3 is 1. The van der Waals surface area contributed by atoms with Gasteiger partial charge in [-0.3, -0.25) is 0 Å². The molecule has 3 aromatic rings. The molecular formula is C17H20N6O. The van der Waals surface area contributed by atoms with Gasteiger partial charge in [0.25, 0.3) is 0 Å². The Balaban J connectivity index is 1.63. The van der Waals surface area contributed by atoms with Crippen molar-refractivity contribution in [2.45, 2.75) is 32.2 Å². The number of nitrogens with zero attached hydrogens (tertiary/aromatic N) is 5. The van der Waals surface area contributed by atoms with E-state index in [1.165, 1.54) is 12.8 Å². The van der Waals surface area contributed by atoms with Gasteiger partial charge < -0.3 is 14.6 Å². The Labute approximate surface area is 140 Å². The van der Waals surface area contributed by atoms with E-state index in [1.54, 1.807) is 7.11 Å². The van der Waals surface area contributed by atoms with Crippen LogP contribution in [-0.2, 0) is 13.6 Å². The third-order valence-electron chi connectivity index (χ3n) is 4.37. The number of nitrogens with one attached hydrogen (secondary N) is 1. The summed E-state index contributed by atoms with van der Waals surface area (Å²) in [6.45, 7) is 2.46. The molecule has 0 radical (unpaired) electrons. The lowest BCUT2D eigenvalue weighted by Crippen LogP contribution is -2.09. The van der Waals surface area contributed by atoms with Crippen molar-refractivity contribution in [1.29, 1.82) is 0 Å². The smallest absolute Gasteiger partial charge is 0.152 e. The Kier molecular flexibility index (Phi) is 3.55. The van der Waals surface area contributed by atoms with Crippen LogP contribution in [0.2, 0.25) is 0 Å². The summed E-state index contributed by atoms with van der Waals surface area (Å²) in [6.07, 6.45) is 2.43. The predicted molar refractivity (Wildman–Crippen MR) is 91.1 cm³/mol. The minimum atomic E-state index is 0.568. The third kappa shape index (κ3) is 2.66. The van der Waals surface area contributed by atoms with Crippen LogP contribution in [0.15, 0.2) is 18.2 Å². The number of hydrogen-bond donors (Lipinski definition) is 1. The number of anilines is 1. The minimum Gasteiger partial charge on any atom is -0.497 e. The molecule has 0 amide bonds. The zero-order valence-electron chi connectivity index (χ0n) is 14.1. The fourth-order valence-electron chi connectivity index (χ4n) is 2.87. The summed E-state index contributed by atoms with van der Waals surface area (Å²) in [5.74, 6) is 4.87. The van der Waals surface area contributed by atoms with Gasteiger partial charge in [0, 0.05) is 18.4 Å². The van der Waals surface area contributed by atoms with E-state index in [0.717, 1.165) is 39.9 Å². The monoisotopic (exact) mass is 324 g/mol. The molecule has 2 heterocycles. The van der Waals surface area contributed by atoms with Crippen LogP contribution in [0, 0.1) is 6.92 Å². The first-order valence-corrected chi connectivity index (χ1v) is 8.10. The zero-order valence-corrected chi connectivity index (χ0v) is 14.1. The van der Waals surface area contributed by atoms with Crippen molar-refractivity contribution in [3.8, 4) is 5.75 Å². The standard InChI is InChI=1S/C17H20N6O/c1-10-19-14-7-6-12(24-3)8-13(14)16(20-10)18-9-15-21-22-17(23(15)2)11-4-5-11/h6-8,11H,4-5,9H2,1-3H3,(H,18,19,20). The van der Waals surface area contributed by atoms with E-state index < -0.39 is 0 Å². The van der Waals surface area contributed by atoms with E-state index in [0.29, 0.717) is 12.5 Å². The van der Waals surface area contributed by atoms with Crippen LogP contribution in [0.3, 0.4) is 0 Å². The van der Waals surface area contributed by atoms with E-state index in [-0.39, 0.29) is 0 Å². The first kappa shape index (κ1) is 14.9. The Hall–Kier alpha value is -2.70. The molecule has 0 saturated heterocycles. The molecule has 0 bridgehead atoms. The van der Waals surface area contributed by atoms with E-state index in [2.05, 4.69) is 30.0 Å². The van der Waals surface area contributed by atoms with Crippen LogP contribution < -0.4 is 10.1 Å². The molecule has 2 aromatic heterocycles. The molecule has 24 heavy (non-hydrogen) atoms. The molecule has 1 aliphatic carbocycles. The van der Waals surface area contributed by atoms with Gasteiger partial charge in [-0.05, 0) is 38.0 Å². The van der Waals surface area contributed by atoms with Crippen LogP contribution in [-0.4, -0.2) is 31.8 Å². The Morgan fingerprint density at radius 1 is 1.25 bits per heavy atom. The second-order valence-corrected chi connectivity index (χ2v) is 6.16. The number of aryl methyl sites for hydroxylation is 1. The van der Waals surface area contributed by atoms with Gasteiger partial charge in [-0.2, -0.15) is 0 Å². The first-order chi connectivity index (χ1) is 11.7. The Morgan fingerprint density at radius 3 is 2.83 bits per heavy atom. The van der Waals surface area contributed by atoms with E-state index in [9.17, 15) is 0 Å². The van der Waals surface area contributed by atoms with Gasteiger partial charge in [0.1, 0.15) is 23.2 Å². The summed E-state index contributed by atoms with van der Waals surface area (Å²) in [4.78, 5) is 9.02. The molecule has 7 heteroatoms. The van der Waals surface area contributed by atoms with Crippen molar-refractivity contribution in [3.63, 3.8) is 0 Å². The fraction of sp³-hybridized carbons (Fsp3) is 0.412. The van der Waals surface area contributed by atoms with Gasteiger partial charge >= 0.3 is 0 Å². The molecule has 1 aromatic carbocycles. The number of fused-ring (bicyclic) bond motifs is 1. The lowest BCUT2D eigenvalue weighted by atomic mass is 10.2. The van der Waals surface area contributed by atoms with Crippen LogP contribution in [0.5, 0.6) is 5.75 Å². The quantitative estimate of drug-likeness (QED) is 0.777. The predicted octanol–water partition coefficient (Wildman–Crippen LogP) is 2.56. The topological polar surface area (TPSA) is 77.8 Å². The molecule has 0 unspecified atom stereocenters. The van der Waals surface area contributed by atoms with Crippen LogP contribution in [0.25, 0.3) is 10.9 Å².